The molecule has 0 unspecified atom stereocenters. The van der Waals surface area contributed by atoms with E-state index in [0.29, 0.717) is 13.2 Å². The lowest BCUT2D eigenvalue weighted by molar-refractivity contribution is -0.264. The summed E-state index contributed by atoms with van der Waals surface area (Å²) < 4.78 is 26.3. The van der Waals surface area contributed by atoms with E-state index in [9.17, 15) is 10.2 Å². The molecule has 4 aromatic carbocycles. The standard InChI is InChI=1S/C34H36O6S/c35-21-29(36)30-31(37-22-25-13-5-1-6-14-25)32(38-23-26-15-7-2-8-16-26)33(39-24-27-17-9-3-10-18-27)34(40-30)41-28-19-11-4-12-20-28/h1-20,29-36H,21-24H2/t29-,30+,31+,32-,33-,34+/m0/s1. The van der Waals surface area contributed by atoms with E-state index >= 15 is 0 Å². The highest BCUT2D eigenvalue weighted by atomic mass is 32.2. The maximum atomic E-state index is 11.0. The van der Waals surface area contributed by atoms with Gasteiger partial charge in [0.1, 0.15) is 36.0 Å². The van der Waals surface area contributed by atoms with Crippen LogP contribution >= 0.6 is 11.8 Å². The third kappa shape index (κ3) is 8.27. The van der Waals surface area contributed by atoms with Crippen molar-refractivity contribution in [3.63, 3.8) is 0 Å². The zero-order valence-electron chi connectivity index (χ0n) is 22.8. The van der Waals surface area contributed by atoms with Crippen LogP contribution in [0.5, 0.6) is 0 Å². The van der Waals surface area contributed by atoms with E-state index in [4.69, 9.17) is 18.9 Å². The summed E-state index contributed by atoms with van der Waals surface area (Å²) in [6.07, 6.45) is -3.89. The average Bonchev–Trinajstić information content (AvgIpc) is 3.04. The van der Waals surface area contributed by atoms with Crippen LogP contribution in [0.15, 0.2) is 126 Å². The summed E-state index contributed by atoms with van der Waals surface area (Å²) in [4.78, 5) is 0.994. The molecule has 0 aromatic heterocycles. The summed E-state index contributed by atoms with van der Waals surface area (Å²) in [6, 6.07) is 39.7. The van der Waals surface area contributed by atoms with Crippen LogP contribution in [0.3, 0.4) is 0 Å². The van der Waals surface area contributed by atoms with Crippen molar-refractivity contribution in [2.75, 3.05) is 6.61 Å². The Bertz CT molecular complexity index is 1280. The quantitative estimate of drug-likeness (QED) is 0.216. The lowest BCUT2D eigenvalue weighted by Crippen LogP contribution is -2.62. The summed E-state index contributed by atoms with van der Waals surface area (Å²) in [5, 5.41) is 21.0. The molecule has 0 spiro atoms. The number of ether oxygens (including phenoxy) is 4. The molecule has 4 aromatic rings. The van der Waals surface area contributed by atoms with E-state index in [1.54, 1.807) is 0 Å². The van der Waals surface area contributed by atoms with Gasteiger partial charge in [0, 0.05) is 4.90 Å². The maximum absolute atomic E-state index is 11.0. The molecule has 214 valence electrons. The van der Waals surface area contributed by atoms with Gasteiger partial charge in [-0.15, -0.1) is 0 Å². The second-order valence-corrected chi connectivity index (χ2v) is 11.1. The molecule has 2 N–H and O–H groups in total. The number of rotatable bonds is 13. The molecular formula is C34H36O6S. The van der Waals surface area contributed by atoms with E-state index in [-0.39, 0.29) is 6.61 Å². The fourth-order valence-corrected chi connectivity index (χ4v) is 5.97. The summed E-state index contributed by atoms with van der Waals surface area (Å²) in [5.41, 5.74) is 2.48. The van der Waals surface area contributed by atoms with Crippen molar-refractivity contribution in [3.05, 3.63) is 138 Å². The molecular weight excluding hydrogens is 536 g/mol. The summed E-state index contributed by atoms with van der Waals surface area (Å²) >= 11 is 1.51. The van der Waals surface area contributed by atoms with Crippen molar-refractivity contribution in [2.45, 2.75) is 60.7 Å². The molecule has 1 aliphatic heterocycles. The first-order chi connectivity index (χ1) is 20.2. The lowest BCUT2D eigenvalue weighted by atomic mass is 9.95. The number of benzene rings is 4. The molecule has 41 heavy (non-hydrogen) atoms. The molecule has 0 bridgehead atoms. The number of aliphatic hydroxyl groups is 2. The smallest absolute Gasteiger partial charge is 0.137 e. The molecule has 0 radical (unpaired) electrons. The van der Waals surface area contributed by atoms with Gasteiger partial charge in [-0.2, -0.15) is 0 Å². The van der Waals surface area contributed by atoms with E-state index in [1.165, 1.54) is 11.8 Å². The molecule has 0 amide bonds. The van der Waals surface area contributed by atoms with Crippen LogP contribution in [-0.4, -0.2) is 52.8 Å². The van der Waals surface area contributed by atoms with Crippen molar-refractivity contribution in [1.82, 2.24) is 0 Å². The monoisotopic (exact) mass is 572 g/mol. The van der Waals surface area contributed by atoms with Gasteiger partial charge in [-0.05, 0) is 28.8 Å². The summed E-state index contributed by atoms with van der Waals surface area (Å²) in [6.45, 7) is 0.493. The Labute approximate surface area is 245 Å². The first kappa shape index (κ1) is 29.5. The van der Waals surface area contributed by atoms with Gasteiger partial charge < -0.3 is 29.2 Å². The van der Waals surface area contributed by atoms with Crippen molar-refractivity contribution >= 4 is 11.8 Å². The van der Waals surface area contributed by atoms with Gasteiger partial charge in [-0.3, -0.25) is 0 Å². The van der Waals surface area contributed by atoms with E-state index < -0.39 is 42.6 Å². The van der Waals surface area contributed by atoms with Crippen LogP contribution in [0, 0.1) is 0 Å². The topological polar surface area (TPSA) is 77.4 Å². The van der Waals surface area contributed by atoms with Crippen LogP contribution in [0.25, 0.3) is 0 Å². The Morgan fingerprint density at radius 1 is 0.585 bits per heavy atom. The van der Waals surface area contributed by atoms with E-state index in [1.807, 2.05) is 121 Å². The predicted molar refractivity (Wildman–Crippen MR) is 159 cm³/mol. The fourth-order valence-electron chi connectivity index (χ4n) is 4.83. The average molecular weight is 573 g/mol. The third-order valence-corrected chi connectivity index (χ3v) is 8.10. The highest BCUT2D eigenvalue weighted by molar-refractivity contribution is 7.99. The zero-order chi connectivity index (χ0) is 28.3. The number of hydrogen-bond acceptors (Lipinski definition) is 7. The van der Waals surface area contributed by atoms with Crippen molar-refractivity contribution in [1.29, 1.82) is 0 Å². The SMILES string of the molecule is OC[C@H](O)[C@H]1O[C@H](Sc2ccccc2)[C@@H](OCc2ccccc2)[C@@H](OCc2ccccc2)[C@@H]1OCc1ccccc1. The Morgan fingerprint density at radius 2 is 1.00 bits per heavy atom. The van der Waals surface area contributed by atoms with Crippen LogP contribution in [0.2, 0.25) is 0 Å². The molecule has 1 fully saturated rings. The molecule has 5 rings (SSSR count). The second kappa shape index (κ2) is 15.3. The Balaban J connectivity index is 1.48. The first-order valence-corrected chi connectivity index (χ1v) is 14.7. The molecule has 0 aliphatic carbocycles. The second-order valence-electron chi connectivity index (χ2n) is 9.93. The molecule has 7 heteroatoms. The van der Waals surface area contributed by atoms with Gasteiger partial charge in [0.05, 0.1) is 26.4 Å². The molecule has 1 heterocycles. The molecule has 6 nitrogen and oxygen atoms in total. The van der Waals surface area contributed by atoms with Gasteiger partial charge in [0.2, 0.25) is 0 Å². The molecule has 1 aliphatic rings. The minimum absolute atomic E-state index is 0.288. The van der Waals surface area contributed by atoms with Crippen LogP contribution in [0.4, 0.5) is 0 Å². The normalized spacial score (nSPS) is 23.2. The highest BCUT2D eigenvalue weighted by Crippen LogP contribution is 2.39. The number of aliphatic hydroxyl groups excluding tert-OH is 2. The number of hydrogen-bond donors (Lipinski definition) is 2. The zero-order valence-corrected chi connectivity index (χ0v) is 23.6. The van der Waals surface area contributed by atoms with Gasteiger partial charge >= 0.3 is 0 Å². The maximum Gasteiger partial charge on any atom is 0.137 e. The van der Waals surface area contributed by atoms with Crippen molar-refractivity contribution < 1.29 is 29.2 Å². The van der Waals surface area contributed by atoms with Gasteiger partial charge in [-0.25, -0.2) is 0 Å². The number of thioether (sulfide) groups is 1. The fraction of sp³-hybridized carbons (Fsp3) is 0.294. The largest absolute Gasteiger partial charge is 0.394 e. The van der Waals surface area contributed by atoms with Gasteiger partial charge in [-0.1, -0.05) is 121 Å². The molecule has 6 atom stereocenters. The summed E-state index contributed by atoms with van der Waals surface area (Å²) in [5.74, 6) is 0. The Hall–Kier alpha value is -3.01. The van der Waals surface area contributed by atoms with Crippen molar-refractivity contribution in [3.8, 4) is 0 Å². The highest BCUT2D eigenvalue weighted by Gasteiger charge is 2.50. The minimum Gasteiger partial charge on any atom is -0.394 e. The van der Waals surface area contributed by atoms with Crippen LogP contribution in [-0.2, 0) is 38.8 Å². The van der Waals surface area contributed by atoms with Crippen molar-refractivity contribution in [2.24, 2.45) is 0 Å². The summed E-state index contributed by atoms with van der Waals surface area (Å²) in [7, 11) is 0. The van der Waals surface area contributed by atoms with Crippen LogP contribution in [0.1, 0.15) is 16.7 Å². The van der Waals surface area contributed by atoms with E-state index in [2.05, 4.69) is 0 Å². The molecule has 1 saturated heterocycles. The van der Waals surface area contributed by atoms with Crippen LogP contribution < -0.4 is 0 Å². The minimum atomic E-state index is -1.17. The Morgan fingerprint density at radius 3 is 1.46 bits per heavy atom. The van der Waals surface area contributed by atoms with Gasteiger partial charge in [0.25, 0.3) is 0 Å². The first-order valence-electron chi connectivity index (χ1n) is 13.8. The van der Waals surface area contributed by atoms with E-state index in [0.717, 1.165) is 21.6 Å². The lowest BCUT2D eigenvalue weighted by Gasteiger charge is -2.47. The predicted octanol–water partition coefficient (Wildman–Crippen LogP) is 5.61. The Kier molecular flexibility index (Phi) is 11.0. The molecule has 0 saturated carbocycles. The third-order valence-electron chi connectivity index (χ3n) is 6.95. The van der Waals surface area contributed by atoms with Gasteiger partial charge in [0.15, 0.2) is 0 Å².